The molecular weight excluding hydrogens is 198 g/mol. The number of benzene rings is 1. The normalized spacial score (nSPS) is 12.2. The van der Waals surface area contributed by atoms with E-state index >= 15 is 0 Å². The first-order valence-corrected chi connectivity index (χ1v) is 5.70. The summed E-state index contributed by atoms with van der Waals surface area (Å²) in [4.78, 5) is 0. The largest absolute Gasteiger partial charge is 0.489 e. The summed E-state index contributed by atoms with van der Waals surface area (Å²) in [7, 11) is 0. The number of hydrogen-bond acceptors (Lipinski definition) is 2. The average Bonchev–Trinajstić information content (AvgIpc) is 2.27. The first-order valence-electron chi connectivity index (χ1n) is 5.70. The van der Waals surface area contributed by atoms with Crippen LogP contribution in [0.4, 0.5) is 0 Å². The van der Waals surface area contributed by atoms with Gasteiger partial charge < -0.3 is 10.5 Å². The van der Waals surface area contributed by atoms with Crippen LogP contribution in [-0.2, 0) is 0 Å². The van der Waals surface area contributed by atoms with Crippen molar-refractivity contribution < 1.29 is 4.74 Å². The maximum atomic E-state index is 5.61. The minimum atomic E-state index is 0.485. The molecule has 0 saturated heterocycles. The fourth-order valence-corrected chi connectivity index (χ4v) is 1.53. The zero-order chi connectivity index (χ0) is 12.0. The summed E-state index contributed by atoms with van der Waals surface area (Å²) in [5, 5.41) is 0. The van der Waals surface area contributed by atoms with Gasteiger partial charge in [0.15, 0.2) is 0 Å². The highest BCUT2D eigenvalue weighted by atomic mass is 16.5. The molecule has 0 aliphatic rings. The third-order valence-electron chi connectivity index (χ3n) is 2.51. The molecule has 1 aromatic carbocycles. The topological polar surface area (TPSA) is 35.2 Å². The number of nitrogens with two attached hydrogens (primary N) is 1. The van der Waals surface area contributed by atoms with Gasteiger partial charge in [0.2, 0.25) is 0 Å². The summed E-state index contributed by atoms with van der Waals surface area (Å²) in [6, 6.07) is 8.20. The van der Waals surface area contributed by atoms with Crippen molar-refractivity contribution in [2.75, 3.05) is 13.2 Å². The van der Waals surface area contributed by atoms with Gasteiger partial charge in [-0.3, -0.25) is 0 Å². The van der Waals surface area contributed by atoms with E-state index < -0.39 is 0 Å². The van der Waals surface area contributed by atoms with Crippen LogP contribution >= 0.6 is 0 Å². The van der Waals surface area contributed by atoms with Crippen molar-refractivity contribution in [1.82, 2.24) is 0 Å². The van der Waals surface area contributed by atoms with Crippen LogP contribution in [0.15, 0.2) is 36.4 Å². The van der Waals surface area contributed by atoms with Gasteiger partial charge in [0.1, 0.15) is 12.4 Å². The third-order valence-corrected chi connectivity index (χ3v) is 2.51. The molecule has 0 aliphatic carbocycles. The Morgan fingerprint density at radius 2 is 2.25 bits per heavy atom. The lowest BCUT2D eigenvalue weighted by molar-refractivity contribution is 0.352. The Balaban J connectivity index is 2.66. The molecule has 0 radical (unpaired) electrons. The quantitative estimate of drug-likeness (QED) is 0.746. The predicted molar refractivity (Wildman–Crippen MR) is 68.8 cm³/mol. The van der Waals surface area contributed by atoms with Gasteiger partial charge in [-0.2, -0.15) is 0 Å². The standard InChI is InChI=1S/C14H21NO/c1-11(2)10-16-14-6-4-5-13(9-14)12(3)7-8-15/h4-6,9,12H,1,7-8,10,15H2,2-3H3. The van der Waals surface area contributed by atoms with Gasteiger partial charge in [-0.25, -0.2) is 0 Å². The maximum absolute atomic E-state index is 5.61. The average molecular weight is 219 g/mol. The number of hydrogen-bond donors (Lipinski definition) is 1. The van der Waals surface area contributed by atoms with Crippen LogP contribution in [0.25, 0.3) is 0 Å². The second kappa shape index (κ2) is 6.33. The van der Waals surface area contributed by atoms with E-state index in [9.17, 15) is 0 Å². The molecule has 0 aliphatic heterocycles. The molecule has 0 aromatic heterocycles. The van der Waals surface area contributed by atoms with Crippen LogP contribution in [-0.4, -0.2) is 13.2 Å². The smallest absolute Gasteiger partial charge is 0.120 e. The fourth-order valence-electron chi connectivity index (χ4n) is 1.53. The zero-order valence-electron chi connectivity index (χ0n) is 10.2. The van der Waals surface area contributed by atoms with Crippen molar-refractivity contribution in [3.8, 4) is 5.75 Å². The lowest BCUT2D eigenvalue weighted by Gasteiger charge is -2.12. The van der Waals surface area contributed by atoms with Gasteiger partial charge in [0.25, 0.3) is 0 Å². The number of rotatable bonds is 6. The maximum Gasteiger partial charge on any atom is 0.120 e. The Morgan fingerprint density at radius 3 is 2.88 bits per heavy atom. The van der Waals surface area contributed by atoms with Crippen LogP contribution in [0.1, 0.15) is 31.7 Å². The lowest BCUT2D eigenvalue weighted by atomic mass is 9.98. The summed E-state index contributed by atoms with van der Waals surface area (Å²) >= 11 is 0. The predicted octanol–water partition coefficient (Wildman–Crippen LogP) is 3.09. The van der Waals surface area contributed by atoms with Gasteiger partial charge in [-0.05, 0) is 49.1 Å². The van der Waals surface area contributed by atoms with Gasteiger partial charge >= 0.3 is 0 Å². The highest BCUT2D eigenvalue weighted by Gasteiger charge is 2.05. The molecule has 1 unspecified atom stereocenters. The molecule has 1 atom stereocenters. The third kappa shape index (κ3) is 4.07. The van der Waals surface area contributed by atoms with Crippen LogP contribution < -0.4 is 10.5 Å². The molecule has 0 fully saturated rings. The minimum absolute atomic E-state index is 0.485. The molecule has 0 bridgehead atoms. The molecule has 2 N–H and O–H groups in total. The monoisotopic (exact) mass is 219 g/mol. The molecular formula is C14H21NO. The van der Waals surface area contributed by atoms with E-state index in [1.807, 2.05) is 19.1 Å². The van der Waals surface area contributed by atoms with E-state index in [0.29, 0.717) is 12.5 Å². The molecule has 1 aromatic rings. The molecule has 0 saturated carbocycles. The molecule has 0 amide bonds. The van der Waals surface area contributed by atoms with E-state index in [1.54, 1.807) is 0 Å². The summed E-state index contributed by atoms with van der Waals surface area (Å²) in [5.41, 5.74) is 7.87. The Kier molecular flexibility index (Phi) is 5.06. The molecule has 16 heavy (non-hydrogen) atoms. The first kappa shape index (κ1) is 12.8. The molecule has 2 heteroatoms. The molecule has 0 heterocycles. The van der Waals surface area contributed by atoms with E-state index in [4.69, 9.17) is 10.5 Å². The Hall–Kier alpha value is -1.28. The molecule has 1 rings (SSSR count). The van der Waals surface area contributed by atoms with Crippen molar-refractivity contribution in [3.63, 3.8) is 0 Å². The van der Waals surface area contributed by atoms with Crippen molar-refractivity contribution in [3.05, 3.63) is 42.0 Å². The zero-order valence-corrected chi connectivity index (χ0v) is 10.2. The number of ether oxygens (including phenoxy) is 1. The molecule has 2 nitrogen and oxygen atoms in total. The second-order valence-electron chi connectivity index (χ2n) is 4.30. The fraction of sp³-hybridized carbons (Fsp3) is 0.429. The Morgan fingerprint density at radius 1 is 1.50 bits per heavy atom. The van der Waals surface area contributed by atoms with Crippen LogP contribution in [0.5, 0.6) is 5.75 Å². The highest BCUT2D eigenvalue weighted by molar-refractivity contribution is 5.30. The lowest BCUT2D eigenvalue weighted by Crippen LogP contribution is -2.05. The first-order chi connectivity index (χ1) is 7.63. The second-order valence-corrected chi connectivity index (χ2v) is 4.30. The van der Waals surface area contributed by atoms with Gasteiger partial charge in [-0.15, -0.1) is 0 Å². The highest BCUT2D eigenvalue weighted by Crippen LogP contribution is 2.22. The molecule has 0 spiro atoms. The Bertz CT molecular complexity index is 346. The van der Waals surface area contributed by atoms with Crippen molar-refractivity contribution in [2.24, 2.45) is 5.73 Å². The van der Waals surface area contributed by atoms with E-state index in [1.165, 1.54) is 5.56 Å². The minimum Gasteiger partial charge on any atom is -0.489 e. The van der Waals surface area contributed by atoms with Crippen LogP contribution in [0.2, 0.25) is 0 Å². The van der Waals surface area contributed by atoms with Gasteiger partial charge in [0, 0.05) is 0 Å². The van der Waals surface area contributed by atoms with Crippen molar-refractivity contribution in [2.45, 2.75) is 26.2 Å². The summed E-state index contributed by atoms with van der Waals surface area (Å²) in [5.74, 6) is 1.39. The summed E-state index contributed by atoms with van der Waals surface area (Å²) < 4.78 is 5.61. The summed E-state index contributed by atoms with van der Waals surface area (Å²) in [6.45, 7) is 9.26. The summed E-state index contributed by atoms with van der Waals surface area (Å²) in [6.07, 6.45) is 1.00. The van der Waals surface area contributed by atoms with E-state index in [2.05, 4.69) is 25.6 Å². The van der Waals surface area contributed by atoms with E-state index in [-0.39, 0.29) is 0 Å². The van der Waals surface area contributed by atoms with Crippen LogP contribution in [0.3, 0.4) is 0 Å². The van der Waals surface area contributed by atoms with Crippen molar-refractivity contribution in [1.29, 1.82) is 0 Å². The molecule has 88 valence electrons. The SMILES string of the molecule is C=C(C)COc1cccc(C(C)CCN)c1. The van der Waals surface area contributed by atoms with Crippen molar-refractivity contribution >= 4 is 0 Å². The van der Waals surface area contributed by atoms with E-state index in [0.717, 1.165) is 24.3 Å². The van der Waals surface area contributed by atoms with Gasteiger partial charge in [-0.1, -0.05) is 25.6 Å². The van der Waals surface area contributed by atoms with Gasteiger partial charge in [0.05, 0.1) is 0 Å². The van der Waals surface area contributed by atoms with Crippen LogP contribution in [0, 0.1) is 0 Å². The Labute approximate surface area is 98.1 Å².